The lowest BCUT2D eigenvalue weighted by Crippen LogP contribution is -2.66. The molecule has 1 aromatic rings. The molecule has 2 amide bonds. The summed E-state index contributed by atoms with van der Waals surface area (Å²) in [7, 11) is 1.72. The summed E-state index contributed by atoms with van der Waals surface area (Å²) in [5, 5.41) is 6.27. The monoisotopic (exact) mass is 507 g/mol. The van der Waals surface area contributed by atoms with Gasteiger partial charge >= 0.3 is 6.18 Å². The van der Waals surface area contributed by atoms with Crippen LogP contribution in [0.15, 0.2) is 18.3 Å². The summed E-state index contributed by atoms with van der Waals surface area (Å²) in [6, 6.07) is 2.59. The van der Waals surface area contributed by atoms with E-state index < -0.39 is 17.3 Å². The van der Waals surface area contributed by atoms with Gasteiger partial charge in [-0.15, -0.1) is 0 Å². The van der Waals surface area contributed by atoms with Crippen molar-refractivity contribution in [2.24, 2.45) is 23.2 Å². The molecule has 10 heteroatoms. The van der Waals surface area contributed by atoms with Crippen LogP contribution in [0.3, 0.4) is 0 Å². The number of carbonyl (C=O) groups excluding carboxylic acids is 2. The van der Waals surface area contributed by atoms with Gasteiger partial charge in [0.15, 0.2) is 0 Å². The van der Waals surface area contributed by atoms with E-state index in [1.54, 1.807) is 7.05 Å². The first-order chi connectivity index (χ1) is 16.9. The second-order valence-corrected chi connectivity index (χ2v) is 11.8. The number of hydrogen-bond donors (Lipinski definition) is 2. The Bertz CT molecular complexity index is 988. The van der Waals surface area contributed by atoms with Crippen molar-refractivity contribution in [2.45, 2.75) is 63.7 Å². The number of nitrogens with zero attached hydrogens (tertiary/aromatic N) is 3. The molecule has 0 spiro atoms. The summed E-state index contributed by atoms with van der Waals surface area (Å²) in [4.78, 5) is 34.3. The van der Waals surface area contributed by atoms with E-state index in [1.165, 1.54) is 6.07 Å². The van der Waals surface area contributed by atoms with Gasteiger partial charge in [0, 0.05) is 45.5 Å². The molecule has 5 aliphatic rings. The summed E-state index contributed by atoms with van der Waals surface area (Å²) in [5.41, 5.74) is -1.73. The van der Waals surface area contributed by atoms with Gasteiger partial charge in [-0.1, -0.05) is 0 Å². The van der Waals surface area contributed by atoms with Crippen molar-refractivity contribution in [3.8, 4) is 0 Å². The minimum absolute atomic E-state index is 0.00933. The molecule has 4 aliphatic carbocycles. The van der Waals surface area contributed by atoms with Gasteiger partial charge in [-0.05, 0) is 75.8 Å². The van der Waals surface area contributed by atoms with Crippen molar-refractivity contribution >= 4 is 17.6 Å². The van der Waals surface area contributed by atoms with Gasteiger partial charge < -0.3 is 15.5 Å². The van der Waals surface area contributed by atoms with E-state index in [0.717, 1.165) is 44.4 Å². The maximum Gasteiger partial charge on any atom is 0.417 e. The summed E-state index contributed by atoms with van der Waals surface area (Å²) in [5.74, 6) is 1.95. The van der Waals surface area contributed by atoms with E-state index in [1.807, 2.05) is 18.7 Å². The average Bonchev–Trinajstić information content (AvgIpc) is 2.84. The molecule has 2 heterocycles. The van der Waals surface area contributed by atoms with Crippen LogP contribution in [0.25, 0.3) is 0 Å². The van der Waals surface area contributed by atoms with Gasteiger partial charge in [-0.25, -0.2) is 4.98 Å². The molecule has 1 saturated heterocycles. The minimum Gasteiger partial charge on any atom is -0.359 e. The van der Waals surface area contributed by atoms with Crippen LogP contribution in [0.4, 0.5) is 19.0 Å². The molecule has 0 aromatic carbocycles. The highest BCUT2D eigenvalue weighted by atomic mass is 19.4. The Kier molecular flexibility index (Phi) is 6.24. The highest BCUT2D eigenvalue weighted by Gasteiger charge is 2.58. The van der Waals surface area contributed by atoms with Crippen molar-refractivity contribution in [3.63, 3.8) is 0 Å². The zero-order valence-corrected chi connectivity index (χ0v) is 21.2. The zero-order chi connectivity index (χ0) is 25.9. The summed E-state index contributed by atoms with van der Waals surface area (Å²) < 4.78 is 38.5. The van der Waals surface area contributed by atoms with Crippen LogP contribution >= 0.6 is 0 Å². The van der Waals surface area contributed by atoms with E-state index >= 15 is 0 Å². The van der Waals surface area contributed by atoms with Crippen molar-refractivity contribution in [2.75, 3.05) is 38.1 Å². The first kappa shape index (κ1) is 25.3. The van der Waals surface area contributed by atoms with Crippen molar-refractivity contribution < 1.29 is 22.8 Å². The molecular weight excluding hydrogens is 471 g/mol. The Morgan fingerprint density at radius 1 is 1.03 bits per heavy atom. The average molecular weight is 508 g/mol. The van der Waals surface area contributed by atoms with Crippen LogP contribution in [-0.2, 0) is 15.8 Å². The molecule has 6 rings (SSSR count). The standard InChI is InChI=1S/C26H36F3N5O2/c1-24(2,34-8-6-33(7-9-34)20-5-4-19(15-31-20)26(27,28)29)22(35)32-21-17-10-16-11-18(21)14-25(12-16,13-17)23(36)30-3/h4-5,15-18,21H,6-14H2,1-3H3,(H,30,36)(H,32,35). The molecule has 1 aliphatic heterocycles. The smallest absolute Gasteiger partial charge is 0.359 e. The first-order valence-electron chi connectivity index (χ1n) is 13.0. The number of rotatable bonds is 5. The van der Waals surface area contributed by atoms with E-state index in [0.29, 0.717) is 49.8 Å². The van der Waals surface area contributed by atoms with E-state index in [-0.39, 0.29) is 23.3 Å². The molecule has 36 heavy (non-hydrogen) atoms. The van der Waals surface area contributed by atoms with Crippen molar-refractivity contribution in [1.82, 2.24) is 20.5 Å². The van der Waals surface area contributed by atoms with Crippen molar-refractivity contribution in [3.05, 3.63) is 23.9 Å². The maximum atomic E-state index is 13.5. The second-order valence-electron chi connectivity index (χ2n) is 11.8. The van der Waals surface area contributed by atoms with Gasteiger partial charge in [-0.3, -0.25) is 14.5 Å². The molecule has 2 unspecified atom stereocenters. The Balaban J connectivity index is 1.19. The highest BCUT2D eigenvalue weighted by Crippen LogP contribution is 2.60. The second kappa shape index (κ2) is 8.89. The molecule has 0 radical (unpaired) electrons. The van der Waals surface area contributed by atoms with Gasteiger partial charge in [-0.2, -0.15) is 13.2 Å². The lowest BCUT2D eigenvalue weighted by Gasteiger charge is -2.59. The lowest BCUT2D eigenvalue weighted by atomic mass is 9.47. The third kappa shape index (κ3) is 4.35. The van der Waals surface area contributed by atoms with Crippen LogP contribution < -0.4 is 15.5 Å². The number of alkyl halides is 3. The number of anilines is 1. The number of aromatic nitrogens is 1. The fourth-order valence-corrected chi connectivity index (χ4v) is 7.51. The number of hydrogen-bond acceptors (Lipinski definition) is 5. The Labute approximate surface area is 210 Å². The summed E-state index contributed by atoms with van der Waals surface area (Å²) >= 11 is 0. The third-order valence-electron chi connectivity index (χ3n) is 9.30. The Morgan fingerprint density at radius 2 is 1.67 bits per heavy atom. The summed E-state index contributed by atoms with van der Waals surface area (Å²) in [6.07, 6.45) is 1.32. The van der Waals surface area contributed by atoms with E-state index in [9.17, 15) is 22.8 Å². The summed E-state index contributed by atoms with van der Waals surface area (Å²) in [6.45, 7) is 6.28. The number of nitrogens with one attached hydrogen (secondary N) is 2. The highest BCUT2D eigenvalue weighted by molar-refractivity contribution is 5.86. The fraction of sp³-hybridized carbons (Fsp3) is 0.731. The molecule has 1 aromatic heterocycles. The fourth-order valence-electron chi connectivity index (χ4n) is 7.51. The van der Waals surface area contributed by atoms with Gasteiger partial charge in [0.25, 0.3) is 0 Å². The topological polar surface area (TPSA) is 77.6 Å². The number of carbonyl (C=O) groups is 2. The normalized spacial score (nSPS) is 32.4. The lowest BCUT2D eigenvalue weighted by molar-refractivity contribution is -0.151. The zero-order valence-electron chi connectivity index (χ0n) is 21.2. The van der Waals surface area contributed by atoms with Crippen LogP contribution in [-0.4, -0.2) is 66.5 Å². The predicted octanol–water partition coefficient (Wildman–Crippen LogP) is 3.06. The molecular formula is C26H36F3N5O2. The Morgan fingerprint density at radius 3 is 2.19 bits per heavy atom. The van der Waals surface area contributed by atoms with E-state index in [2.05, 4.69) is 20.5 Å². The van der Waals surface area contributed by atoms with Gasteiger partial charge in [0.05, 0.1) is 16.5 Å². The third-order valence-corrected chi connectivity index (χ3v) is 9.30. The molecule has 7 nitrogen and oxygen atoms in total. The Hall–Kier alpha value is -2.36. The molecule has 2 atom stereocenters. The largest absolute Gasteiger partial charge is 0.417 e. The van der Waals surface area contributed by atoms with Crippen LogP contribution in [0.2, 0.25) is 0 Å². The molecule has 4 saturated carbocycles. The molecule has 2 N–H and O–H groups in total. The first-order valence-corrected chi connectivity index (χ1v) is 13.0. The molecule has 5 fully saturated rings. The number of halogens is 3. The van der Waals surface area contributed by atoms with E-state index in [4.69, 9.17) is 0 Å². The SMILES string of the molecule is CNC(=O)C12CC3CC(C1)C(NC(=O)C(C)(C)N1CCN(c4ccc(C(F)(F)F)cn4)CC1)C(C3)C2. The molecule has 198 valence electrons. The van der Waals surface area contributed by atoms with Gasteiger partial charge in [0.1, 0.15) is 5.82 Å². The van der Waals surface area contributed by atoms with Crippen LogP contribution in [0, 0.1) is 23.2 Å². The van der Waals surface area contributed by atoms with Crippen LogP contribution in [0.1, 0.15) is 51.5 Å². The predicted molar refractivity (Wildman–Crippen MR) is 129 cm³/mol. The van der Waals surface area contributed by atoms with Crippen LogP contribution in [0.5, 0.6) is 0 Å². The number of amides is 2. The van der Waals surface area contributed by atoms with Crippen molar-refractivity contribution in [1.29, 1.82) is 0 Å². The minimum atomic E-state index is -4.40. The number of piperazine rings is 1. The van der Waals surface area contributed by atoms with Gasteiger partial charge in [0.2, 0.25) is 11.8 Å². The maximum absolute atomic E-state index is 13.5. The molecule has 4 bridgehead atoms. The quantitative estimate of drug-likeness (QED) is 0.641. The number of pyridine rings is 1.